The second kappa shape index (κ2) is 5.93. The first kappa shape index (κ1) is 13.9. The lowest BCUT2D eigenvalue weighted by molar-refractivity contribution is -0.639. The maximum Gasteiger partial charge on any atom is 0.286 e. The first-order chi connectivity index (χ1) is 8.19. The normalized spacial score (nSPS) is 9.28. The summed E-state index contributed by atoms with van der Waals surface area (Å²) in [6.07, 6.45) is 2.92. The highest BCUT2D eigenvalue weighted by atomic mass is 79.9. The van der Waals surface area contributed by atoms with Crippen LogP contribution >= 0.6 is 17.0 Å². The van der Waals surface area contributed by atoms with Crippen LogP contribution < -0.4 is 10.5 Å². The Hall–Kier alpha value is -2.20. The Morgan fingerprint density at radius 1 is 1.44 bits per heavy atom. The number of carbonyl (C=O) groups excluding carboxylic acids is 1. The zero-order chi connectivity index (χ0) is 12.3. The van der Waals surface area contributed by atoms with E-state index in [1.54, 1.807) is 24.3 Å². The molecule has 0 unspecified atom stereocenters. The molecule has 1 heterocycles. The smallest absolute Gasteiger partial charge is 0.286 e. The molecule has 0 aliphatic carbocycles. The summed E-state index contributed by atoms with van der Waals surface area (Å²) in [4.78, 5) is 11.8. The molecule has 1 aromatic heterocycles. The van der Waals surface area contributed by atoms with Crippen molar-refractivity contribution in [1.82, 2.24) is 9.78 Å². The Labute approximate surface area is 114 Å². The molecule has 0 saturated heterocycles. The Bertz CT molecular complexity index is 584. The molecule has 0 amide bonds. The highest BCUT2D eigenvalue weighted by molar-refractivity contribution is 8.93. The summed E-state index contributed by atoms with van der Waals surface area (Å²) in [5, 5.41) is 12.5. The molecule has 0 atom stereocenters. The summed E-state index contributed by atoms with van der Waals surface area (Å²) in [7, 11) is 0. The Morgan fingerprint density at radius 3 is 2.61 bits per heavy atom. The van der Waals surface area contributed by atoms with Gasteiger partial charge in [-0.15, -0.1) is 26.3 Å². The summed E-state index contributed by atoms with van der Waals surface area (Å²) in [5.74, 6) is 5.33. The third-order valence-corrected chi connectivity index (χ3v) is 2.24. The first-order valence-corrected chi connectivity index (χ1v) is 4.91. The predicted molar refractivity (Wildman–Crippen MR) is 68.4 cm³/mol. The molecule has 0 aliphatic heterocycles. The van der Waals surface area contributed by atoms with Crippen molar-refractivity contribution in [2.24, 2.45) is 0 Å². The molecule has 0 spiro atoms. The molecule has 2 rings (SSSR count). The largest absolute Gasteiger partial charge is 0.290 e. The SMILES string of the molecule is Br.N#Cc1ccc(C(=O)Cn2c[n+](N)cn2)cc1. The number of aromatic nitrogens is 3. The number of nitriles is 1. The van der Waals surface area contributed by atoms with Gasteiger partial charge in [-0.25, -0.2) is 0 Å². The van der Waals surface area contributed by atoms with Crippen LogP contribution in [0.15, 0.2) is 36.9 Å². The quantitative estimate of drug-likeness (QED) is 0.499. The van der Waals surface area contributed by atoms with E-state index in [4.69, 9.17) is 11.1 Å². The molecule has 0 bridgehead atoms. The average Bonchev–Trinajstić information content (AvgIpc) is 2.75. The van der Waals surface area contributed by atoms with E-state index >= 15 is 0 Å². The third kappa shape index (κ3) is 3.15. The number of nitrogens with two attached hydrogens (primary N) is 1. The van der Waals surface area contributed by atoms with Crippen LogP contribution in [0.5, 0.6) is 0 Å². The fraction of sp³-hybridized carbons (Fsp3) is 0.0909. The second-order valence-corrected chi connectivity index (χ2v) is 3.50. The maximum absolute atomic E-state index is 11.8. The lowest BCUT2D eigenvalue weighted by atomic mass is 10.1. The van der Waals surface area contributed by atoms with Gasteiger partial charge < -0.3 is 0 Å². The summed E-state index contributed by atoms with van der Waals surface area (Å²) in [6.45, 7) is 0.121. The molecule has 6 nitrogen and oxygen atoms in total. The number of rotatable bonds is 3. The van der Waals surface area contributed by atoms with Crippen molar-refractivity contribution in [3.8, 4) is 6.07 Å². The van der Waals surface area contributed by atoms with Gasteiger partial charge in [-0.3, -0.25) is 10.6 Å². The van der Waals surface area contributed by atoms with Crippen molar-refractivity contribution in [1.29, 1.82) is 5.26 Å². The average molecular weight is 309 g/mol. The standard InChI is InChI=1S/C11H10N5O.BrH/c12-5-9-1-3-10(4-2-9)11(17)6-16-8-15(13)7-14-16;/h1-4,7-8H,6,13H2;1H/q+1;. The van der Waals surface area contributed by atoms with Crippen molar-refractivity contribution in [3.05, 3.63) is 48.0 Å². The van der Waals surface area contributed by atoms with Crippen LogP contribution in [0.3, 0.4) is 0 Å². The molecule has 18 heavy (non-hydrogen) atoms. The van der Waals surface area contributed by atoms with Gasteiger partial charge in [-0.05, 0) is 24.3 Å². The molecule has 0 aliphatic rings. The minimum atomic E-state index is -0.0850. The van der Waals surface area contributed by atoms with Gasteiger partial charge in [0.1, 0.15) is 0 Å². The van der Waals surface area contributed by atoms with E-state index in [-0.39, 0.29) is 29.3 Å². The summed E-state index contributed by atoms with van der Waals surface area (Å²) in [5.41, 5.74) is 1.07. The van der Waals surface area contributed by atoms with Crippen LogP contribution in [0.1, 0.15) is 15.9 Å². The molecule has 1 aromatic carbocycles. The van der Waals surface area contributed by atoms with Gasteiger partial charge in [0.25, 0.3) is 6.33 Å². The molecule has 0 fully saturated rings. The van der Waals surface area contributed by atoms with E-state index in [9.17, 15) is 4.79 Å². The highest BCUT2D eigenvalue weighted by Gasteiger charge is 2.12. The van der Waals surface area contributed by atoms with Crippen molar-refractivity contribution < 1.29 is 9.47 Å². The number of nitrogen functional groups attached to an aromatic ring is 1. The van der Waals surface area contributed by atoms with Gasteiger partial charge in [0, 0.05) is 10.7 Å². The minimum absolute atomic E-state index is 0. The van der Waals surface area contributed by atoms with Gasteiger partial charge in [0.15, 0.2) is 12.3 Å². The van der Waals surface area contributed by atoms with Crippen LogP contribution in [-0.4, -0.2) is 15.6 Å². The monoisotopic (exact) mass is 308 g/mol. The molecule has 0 radical (unpaired) electrons. The number of benzene rings is 1. The fourth-order valence-corrected chi connectivity index (χ4v) is 1.39. The fourth-order valence-electron chi connectivity index (χ4n) is 1.39. The number of nitrogens with zero attached hydrogens (tertiary/aromatic N) is 4. The summed E-state index contributed by atoms with van der Waals surface area (Å²) >= 11 is 0. The lowest BCUT2D eigenvalue weighted by Gasteiger charge is -1.97. The van der Waals surface area contributed by atoms with Gasteiger partial charge in [0.05, 0.1) is 11.6 Å². The van der Waals surface area contributed by atoms with Crippen molar-refractivity contribution >= 4 is 22.8 Å². The number of Topliss-reactive ketones (excluding diaryl/α,β-unsaturated/α-hetero) is 1. The predicted octanol–water partition coefficient (Wildman–Crippen LogP) is 0.217. The maximum atomic E-state index is 11.8. The Kier molecular flexibility index (Phi) is 4.57. The molecule has 7 heteroatoms. The third-order valence-electron chi connectivity index (χ3n) is 2.24. The van der Waals surface area contributed by atoms with Gasteiger partial charge >= 0.3 is 0 Å². The van der Waals surface area contributed by atoms with E-state index in [2.05, 4.69) is 5.10 Å². The van der Waals surface area contributed by atoms with E-state index in [1.165, 1.54) is 22.0 Å². The van der Waals surface area contributed by atoms with Gasteiger partial charge in [0.2, 0.25) is 6.33 Å². The van der Waals surface area contributed by atoms with Gasteiger partial charge in [-0.2, -0.15) is 5.26 Å². The number of hydrogen-bond donors (Lipinski definition) is 1. The number of carbonyl (C=O) groups is 1. The molecular weight excluding hydrogens is 298 g/mol. The molecule has 2 aromatic rings. The lowest BCUT2D eigenvalue weighted by Crippen LogP contribution is -2.42. The van der Waals surface area contributed by atoms with Gasteiger partial charge in [-0.1, -0.05) is 0 Å². The van der Waals surface area contributed by atoms with Crippen LogP contribution in [0.4, 0.5) is 0 Å². The zero-order valence-electron chi connectivity index (χ0n) is 9.35. The van der Waals surface area contributed by atoms with E-state index in [0.717, 1.165) is 0 Å². The molecule has 2 N–H and O–H groups in total. The van der Waals surface area contributed by atoms with Crippen LogP contribution in [0, 0.1) is 11.3 Å². The summed E-state index contributed by atoms with van der Waals surface area (Å²) in [6, 6.07) is 8.47. The van der Waals surface area contributed by atoms with E-state index in [1.807, 2.05) is 6.07 Å². The number of ketones is 1. The molecular formula is C11H11BrN5O+. The van der Waals surface area contributed by atoms with Crippen LogP contribution in [0.25, 0.3) is 0 Å². The molecule has 92 valence electrons. The van der Waals surface area contributed by atoms with Crippen LogP contribution in [-0.2, 0) is 6.54 Å². The van der Waals surface area contributed by atoms with E-state index < -0.39 is 0 Å². The topological polar surface area (TPSA) is 88.6 Å². The first-order valence-electron chi connectivity index (χ1n) is 4.91. The van der Waals surface area contributed by atoms with Crippen molar-refractivity contribution in [2.75, 3.05) is 5.84 Å². The summed E-state index contributed by atoms with van der Waals surface area (Å²) < 4.78 is 2.71. The Morgan fingerprint density at radius 2 is 2.11 bits per heavy atom. The zero-order valence-corrected chi connectivity index (χ0v) is 11.1. The number of hydrogen-bond acceptors (Lipinski definition) is 4. The Balaban J connectivity index is 0.00000162. The highest BCUT2D eigenvalue weighted by Crippen LogP contribution is 2.05. The molecule has 0 saturated carbocycles. The second-order valence-electron chi connectivity index (χ2n) is 3.50. The van der Waals surface area contributed by atoms with Crippen LogP contribution in [0.2, 0.25) is 0 Å². The van der Waals surface area contributed by atoms with Crippen molar-refractivity contribution in [3.63, 3.8) is 0 Å². The minimum Gasteiger partial charge on any atom is -0.290 e. The van der Waals surface area contributed by atoms with E-state index in [0.29, 0.717) is 11.1 Å². The van der Waals surface area contributed by atoms with Crippen molar-refractivity contribution in [2.45, 2.75) is 6.54 Å². The number of halogens is 1.